The van der Waals surface area contributed by atoms with Crippen molar-refractivity contribution in [3.63, 3.8) is 0 Å². The number of hydrogen-bond acceptors (Lipinski definition) is 5. The van der Waals surface area contributed by atoms with Crippen molar-refractivity contribution in [1.29, 1.82) is 0 Å². The minimum absolute atomic E-state index is 0.294. The second kappa shape index (κ2) is 3.01. The summed E-state index contributed by atoms with van der Waals surface area (Å²) in [5.41, 5.74) is 0.294. The smallest absolute Gasteiger partial charge is 0.360 e. The number of carbonyl (C=O) groups is 1. The van der Waals surface area contributed by atoms with Crippen LogP contribution in [0.15, 0.2) is 22.4 Å². The number of esters is 1. The fraction of sp³-hybridized carbons (Fsp3) is 0.375. The van der Waals surface area contributed by atoms with E-state index < -0.39 is 5.97 Å². The van der Waals surface area contributed by atoms with Gasteiger partial charge in [0, 0.05) is 18.9 Å². The largest absolute Gasteiger partial charge is 0.464 e. The van der Waals surface area contributed by atoms with Crippen LogP contribution in [0.2, 0.25) is 0 Å². The predicted octanol–water partition coefficient (Wildman–Crippen LogP) is -0.201. The lowest BCUT2D eigenvalue weighted by atomic mass is 10.3. The van der Waals surface area contributed by atoms with Crippen molar-refractivity contribution in [2.45, 2.75) is 0 Å². The van der Waals surface area contributed by atoms with E-state index in [-0.39, 0.29) is 0 Å². The number of ether oxygens (including phenoxy) is 1. The van der Waals surface area contributed by atoms with Crippen LogP contribution in [-0.4, -0.2) is 42.6 Å². The molecule has 0 aromatic heterocycles. The first-order valence-corrected chi connectivity index (χ1v) is 3.97. The van der Waals surface area contributed by atoms with Gasteiger partial charge in [0.15, 0.2) is 11.5 Å². The Morgan fingerprint density at radius 1 is 1.69 bits per heavy atom. The summed E-state index contributed by atoms with van der Waals surface area (Å²) >= 11 is 0. The fourth-order valence-corrected chi connectivity index (χ4v) is 1.30. The number of carbonyl (C=O) groups excluding carboxylic acids is 1. The minimum Gasteiger partial charge on any atom is -0.464 e. The Morgan fingerprint density at radius 2 is 2.54 bits per heavy atom. The molecule has 2 rings (SSSR count). The van der Waals surface area contributed by atoms with E-state index in [0.29, 0.717) is 18.1 Å². The highest BCUT2D eigenvalue weighted by Gasteiger charge is 2.27. The number of fused-ring (bicyclic) bond motifs is 1. The van der Waals surface area contributed by atoms with Crippen LogP contribution in [0.5, 0.6) is 0 Å². The lowest BCUT2D eigenvalue weighted by Crippen LogP contribution is -2.36. The molecule has 0 atom stereocenters. The van der Waals surface area contributed by atoms with Crippen LogP contribution in [0.3, 0.4) is 0 Å². The van der Waals surface area contributed by atoms with Crippen molar-refractivity contribution in [3.8, 4) is 0 Å². The first-order chi connectivity index (χ1) is 6.33. The maximum absolute atomic E-state index is 11.2. The molecular weight excluding hydrogens is 170 g/mol. The van der Waals surface area contributed by atoms with E-state index in [9.17, 15) is 4.79 Å². The molecule has 2 heterocycles. The Kier molecular flexibility index (Phi) is 1.84. The van der Waals surface area contributed by atoms with Crippen LogP contribution in [0.4, 0.5) is 0 Å². The number of hydrogen-bond donors (Lipinski definition) is 0. The van der Waals surface area contributed by atoms with Gasteiger partial charge in [0.1, 0.15) is 0 Å². The molecule has 0 N–H and O–H groups in total. The average molecular weight is 179 g/mol. The van der Waals surface area contributed by atoms with Gasteiger partial charge < -0.3 is 9.64 Å². The van der Waals surface area contributed by atoms with E-state index >= 15 is 0 Å². The Bertz CT molecular complexity index is 330. The second-order valence-corrected chi connectivity index (χ2v) is 2.67. The van der Waals surface area contributed by atoms with E-state index in [1.807, 2.05) is 4.90 Å². The van der Waals surface area contributed by atoms with Gasteiger partial charge in [0.2, 0.25) is 0 Å². The summed E-state index contributed by atoms with van der Waals surface area (Å²) in [5, 5.41) is 0. The average Bonchev–Trinajstić information content (AvgIpc) is 2.63. The molecule has 0 aromatic carbocycles. The standard InChI is InChI=1S/C8H9N3O2/c1-13-8(12)6-7-10-3-5-11(7)4-2-9-6/h2,4H,3,5H2,1H3. The van der Waals surface area contributed by atoms with Gasteiger partial charge in [-0.2, -0.15) is 0 Å². The van der Waals surface area contributed by atoms with Gasteiger partial charge in [-0.05, 0) is 0 Å². The summed E-state index contributed by atoms with van der Waals surface area (Å²) in [6.07, 6.45) is 3.38. The summed E-state index contributed by atoms with van der Waals surface area (Å²) in [6, 6.07) is 0. The Morgan fingerprint density at radius 3 is 3.31 bits per heavy atom. The number of amidine groups is 1. The van der Waals surface area contributed by atoms with Gasteiger partial charge >= 0.3 is 5.97 Å². The molecule has 0 saturated carbocycles. The zero-order valence-corrected chi connectivity index (χ0v) is 7.23. The SMILES string of the molecule is COC(=O)C1=NC=CN2CCN=C12. The monoisotopic (exact) mass is 179 g/mol. The van der Waals surface area contributed by atoms with Gasteiger partial charge in [-0.15, -0.1) is 0 Å². The molecule has 0 amide bonds. The van der Waals surface area contributed by atoms with E-state index in [1.165, 1.54) is 7.11 Å². The summed E-state index contributed by atoms with van der Waals surface area (Å²) in [7, 11) is 1.34. The lowest BCUT2D eigenvalue weighted by molar-refractivity contribution is -0.132. The quantitative estimate of drug-likeness (QED) is 0.524. The molecule has 5 nitrogen and oxygen atoms in total. The van der Waals surface area contributed by atoms with Crippen molar-refractivity contribution >= 4 is 17.5 Å². The van der Waals surface area contributed by atoms with Crippen LogP contribution in [-0.2, 0) is 9.53 Å². The number of aliphatic imine (C=N–C) groups is 2. The molecule has 0 aromatic rings. The van der Waals surface area contributed by atoms with E-state index in [1.54, 1.807) is 12.4 Å². The van der Waals surface area contributed by atoms with Crippen molar-refractivity contribution < 1.29 is 9.53 Å². The molecule has 0 aliphatic carbocycles. The lowest BCUT2D eigenvalue weighted by Gasteiger charge is -2.17. The highest BCUT2D eigenvalue weighted by atomic mass is 16.5. The topological polar surface area (TPSA) is 54.3 Å². The van der Waals surface area contributed by atoms with E-state index in [0.717, 1.165) is 6.54 Å². The third kappa shape index (κ3) is 1.22. The van der Waals surface area contributed by atoms with Gasteiger partial charge in [-0.3, -0.25) is 4.99 Å². The normalized spacial score (nSPS) is 19.3. The summed E-state index contributed by atoms with van der Waals surface area (Å²) < 4.78 is 4.59. The number of rotatable bonds is 1. The Balaban J connectivity index is 2.31. The Hall–Kier alpha value is -1.65. The van der Waals surface area contributed by atoms with Crippen LogP contribution >= 0.6 is 0 Å². The summed E-state index contributed by atoms with van der Waals surface area (Å²) in [4.78, 5) is 21.2. The molecule has 0 fully saturated rings. The van der Waals surface area contributed by atoms with Crippen molar-refractivity contribution in [2.24, 2.45) is 9.98 Å². The summed E-state index contributed by atoms with van der Waals surface area (Å²) in [5.74, 6) is 0.185. The highest BCUT2D eigenvalue weighted by molar-refractivity contribution is 6.65. The maximum atomic E-state index is 11.2. The van der Waals surface area contributed by atoms with Crippen molar-refractivity contribution in [3.05, 3.63) is 12.4 Å². The first kappa shape index (κ1) is 7.97. The van der Waals surface area contributed by atoms with Crippen molar-refractivity contribution in [1.82, 2.24) is 4.90 Å². The minimum atomic E-state index is -0.435. The first-order valence-electron chi connectivity index (χ1n) is 3.97. The second-order valence-electron chi connectivity index (χ2n) is 2.67. The fourth-order valence-electron chi connectivity index (χ4n) is 1.30. The van der Waals surface area contributed by atoms with Gasteiger partial charge in [-0.1, -0.05) is 0 Å². The molecule has 0 radical (unpaired) electrons. The zero-order valence-electron chi connectivity index (χ0n) is 7.23. The number of methoxy groups -OCH3 is 1. The highest BCUT2D eigenvalue weighted by Crippen LogP contribution is 2.09. The van der Waals surface area contributed by atoms with Crippen LogP contribution in [0.25, 0.3) is 0 Å². The maximum Gasteiger partial charge on any atom is 0.360 e. The molecule has 0 saturated heterocycles. The van der Waals surface area contributed by atoms with Crippen LogP contribution in [0, 0.1) is 0 Å². The molecule has 0 bridgehead atoms. The van der Waals surface area contributed by atoms with Crippen LogP contribution in [0.1, 0.15) is 0 Å². The van der Waals surface area contributed by atoms with Crippen molar-refractivity contribution in [2.75, 3.05) is 20.2 Å². The van der Waals surface area contributed by atoms with E-state index in [2.05, 4.69) is 14.7 Å². The molecule has 2 aliphatic heterocycles. The molecular formula is C8H9N3O2. The third-order valence-electron chi connectivity index (χ3n) is 1.92. The van der Waals surface area contributed by atoms with Gasteiger partial charge in [0.05, 0.1) is 13.7 Å². The number of nitrogens with zero attached hydrogens (tertiary/aromatic N) is 3. The molecule has 0 spiro atoms. The molecule has 2 aliphatic rings. The third-order valence-corrected chi connectivity index (χ3v) is 1.92. The molecule has 68 valence electrons. The van der Waals surface area contributed by atoms with E-state index in [4.69, 9.17) is 0 Å². The van der Waals surface area contributed by atoms with Gasteiger partial charge in [0.25, 0.3) is 0 Å². The van der Waals surface area contributed by atoms with Gasteiger partial charge in [-0.25, -0.2) is 9.79 Å². The zero-order chi connectivity index (χ0) is 9.26. The van der Waals surface area contributed by atoms with Crippen LogP contribution < -0.4 is 0 Å². The Labute approximate surface area is 75.4 Å². The molecule has 5 heteroatoms. The summed E-state index contributed by atoms with van der Waals surface area (Å²) in [6.45, 7) is 1.51. The molecule has 0 unspecified atom stereocenters. The predicted molar refractivity (Wildman–Crippen MR) is 47.6 cm³/mol. The molecule has 13 heavy (non-hydrogen) atoms.